The molecular weight excluding hydrogens is 400 g/mol. The number of hydrogen-bond acceptors (Lipinski definition) is 5. The van der Waals surface area contributed by atoms with Gasteiger partial charge in [-0.3, -0.25) is 4.79 Å². The quantitative estimate of drug-likeness (QED) is 0.531. The van der Waals surface area contributed by atoms with Gasteiger partial charge in [0.25, 0.3) is 5.56 Å². The van der Waals surface area contributed by atoms with E-state index in [1.54, 1.807) is 0 Å². The van der Waals surface area contributed by atoms with Gasteiger partial charge in [0.15, 0.2) is 5.82 Å². The van der Waals surface area contributed by atoms with Gasteiger partial charge in [-0.25, -0.2) is 4.68 Å². The van der Waals surface area contributed by atoms with Crippen molar-refractivity contribution in [2.75, 3.05) is 11.4 Å². The van der Waals surface area contributed by atoms with E-state index in [-0.39, 0.29) is 11.1 Å². The van der Waals surface area contributed by atoms with E-state index in [0.29, 0.717) is 11.4 Å². The van der Waals surface area contributed by atoms with Gasteiger partial charge in [0.1, 0.15) is 6.04 Å². The Morgan fingerprint density at radius 1 is 1.09 bits per heavy atom. The summed E-state index contributed by atoms with van der Waals surface area (Å²) in [7, 11) is 0. The van der Waals surface area contributed by atoms with Crippen molar-refractivity contribution in [3.05, 3.63) is 81.4 Å². The molecule has 4 aromatic rings. The number of pyridine rings is 1. The number of H-pyrrole nitrogens is 1. The SMILES string of the molecule is Cc1ccc2cc([C@H](c3nnnn3C(C)(C)C)N3CCCc4ccccc43)c(=O)[nH]c2c1. The lowest BCUT2D eigenvalue weighted by Gasteiger charge is -2.38. The van der Waals surface area contributed by atoms with E-state index in [4.69, 9.17) is 0 Å². The number of para-hydroxylation sites is 1. The molecule has 0 spiro atoms. The van der Waals surface area contributed by atoms with E-state index in [1.165, 1.54) is 5.56 Å². The third-order valence-electron chi connectivity index (χ3n) is 6.16. The van der Waals surface area contributed by atoms with E-state index in [2.05, 4.69) is 76.5 Å². The number of nitrogens with one attached hydrogen (secondary N) is 1. The van der Waals surface area contributed by atoms with Crippen LogP contribution in [-0.2, 0) is 12.0 Å². The van der Waals surface area contributed by atoms with Crippen LogP contribution in [0.15, 0.2) is 53.3 Å². The van der Waals surface area contributed by atoms with Gasteiger partial charge in [-0.2, -0.15) is 0 Å². The van der Waals surface area contributed by atoms with Crippen LogP contribution in [0.5, 0.6) is 0 Å². The summed E-state index contributed by atoms with van der Waals surface area (Å²) in [6.45, 7) is 9.06. The molecule has 2 aromatic heterocycles. The van der Waals surface area contributed by atoms with E-state index in [1.807, 2.05) is 29.8 Å². The number of tetrazole rings is 1. The van der Waals surface area contributed by atoms with Crippen LogP contribution in [0, 0.1) is 6.92 Å². The van der Waals surface area contributed by atoms with Crippen molar-refractivity contribution in [2.45, 2.75) is 52.1 Å². The molecule has 1 atom stereocenters. The molecule has 1 aliphatic heterocycles. The highest BCUT2D eigenvalue weighted by molar-refractivity contribution is 5.80. The molecule has 7 nitrogen and oxygen atoms in total. The molecule has 1 N–H and O–H groups in total. The van der Waals surface area contributed by atoms with Gasteiger partial charge in [-0.15, -0.1) is 5.10 Å². The van der Waals surface area contributed by atoms with Crippen LogP contribution in [0.1, 0.15) is 55.7 Å². The Labute approximate surface area is 187 Å². The summed E-state index contributed by atoms with van der Waals surface area (Å²) in [4.78, 5) is 18.8. The smallest absolute Gasteiger partial charge is 0.254 e. The van der Waals surface area contributed by atoms with Crippen molar-refractivity contribution in [3.8, 4) is 0 Å². The molecule has 0 saturated carbocycles. The number of hydrogen-bond donors (Lipinski definition) is 1. The van der Waals surface area contributed by atoms with Gasteiger partial charge in [0, 0.05) is 23.3 Å². The molecule has 2 aromatic carbocycles. The Morgan fingerprint density at radius 3 is 2.72 bits per heavy atom. The highest BCUT2D eigenvalue weighted by Gasteiger charge is 2.35. The van der Waals surface area contributed by atoms with Crippen LogP contribution >= 0.6 is 0 Å². The summed E-state index contributed by atoms with van der Waals surface area (Å²) in [6.07, 6.45) is 2.03. The van der Waals surface area contributed by atoms with Crippen molar-refractivity contribution >= 4 is 16.6 Å². The first-order chi connectivity index (χ1) is 15.3. The minimum absolute atomic E-state index is 0.111. The largest absolute Gasteiger partial charge is 0.357 e. The molecule has 0 aliphatic carbocycles. The van der Waals surface area contributed by atoms with Crippen molar-refractivity contribution in [2.24, 2.45) is 0 Å². The standard InChI is InChI=1S/C25H28N6O/c1-16-11-12-18-15-19(24(32)26-20(18)14-16)22(23-27-28-29-31(23)25(2,3)4)30-13-7-9-17-8-5-6-10-21(17)30/h5-6,8,10-12,14-15,22H,7,9,13H2,1-4H3,(H,26,32)/t22-/m1/s1. The van der Waals surface area contributed by atoms with Gasteiger partial charge >= 0.3 is 0 Å². The second-order valence-corrected chi connectivity index (χ2v) is 9.59. The number of rotatable bonds is 3. The van der Waals surface area contributed by atoms with Crippen LogP contribution in [0.25, 0.3) is 10.9 Å². The highest BCUT2D eigenvalue weighted by Crippen LogP contribution is 2.37. The zero-order valence-electron chi connectivity index (χ0n) is 19.0. The Balaban J connectivity index is 1.77. The molecule has 5 rings (SSSR count). The lowest BCUT2D eigenvalue weighted by atomic mass is 9.95. The first kappa shape index (κ1) is 20.4. The molecule has 0 amide bonds. The van der Waals surface area contributed by atoms with Crippen molar-refractivity contribution in [1.29, 1.82) is 0 Å². The maximum atomic E-state index is 13.4. The Kier molecular flexibility index (Phi) is 4.84. The molecule has 3 heterocycles. The predicted octanol–water partition coefficient (Wildman–Crippen LogP) is 4.12. The van der Waals surface area contributed by atoms with Gasteiger partial charge < -0.3 is 9.88 Å². The van der Waals surface area contributed by atoms with Crippen molar-refractivity contribution in [3.63, 3.8) is 0 Å². The van der Waals surface area contributed by atoms with Crippen molar-refractivity contribution in [1.82, 2.24) is 25.2 Å². The van der Waals surface area contributed by atoms with E-state index in [9.17, 15) is 4.79 Å². The third-order valence-corrected chi connectivity index (χ3v) is 6.16. The van der Waals surface area contributed by atoms with E-state index >= 15 is 0 Å². The van der Waals surface area contributed by atoms with E-state index in [0.717, 1.165) is 41.5 Å². The summed E-state index contributed by atoms with van der Waals surface area (Å²) >= 11 is 0. The first-order valence-electron chi connectivity index (χ1n) is 11.1. The van der Waals surface area contributed by atoms with Crippen LogP contribution in [-0.4, -0.2) is 31.7 Å². The molecule has 7 heteroatoms. The van der Waals surface area contributed by atoms with Gasteiger partial charge in [-0.05, 0) is 85.7 Å². The molecule has 0 radical (unpaired) electrons. The van der Waals surface area contributed by atoms with Crippen LogP contribution in [0.2, 0.25) is 0 Å². The lowest BCUT2D eigenvalue weighted by molar-refractivity contribution is 0.329. The monoisotopic (exact) mass is 428 g/mol. The van der Waals surface area contributed by atoms with Crippen LogP contribution in [0.4, 0.5) is 5.69 Å². The van der Waals surface area contributed by atoms with Gasteiger partial charge in [0.2, 0.25) is 0 Å². The summed E-state index contributed by atoms with van der Waals surface area (Å²) in [6, 6.07) is 16.1. The molecule has 32 heavy (non-hydrogen) atoms. The second-order valence-electron chi connectivity index (χ2n) is 9.59. The fourth-order valence-electron chi connectivity index (χ4n) is 4.65. The van der Waals surface area contributed by atoms with Gasteiger partial charge in [0.05, 0.1) is 5.54 Å². The fraction of sp³-hybridized carbons (Fsp3) is 0.360. The van der Waals surface area contributed by atoms with Crippen molar-refractivity contribution < 1.29 is 0 Å². The van der Waals surface area contributed by atoms with Crippen LogP contribution < -0.4 is 10.5 Å². The minimum atomic E-state index is -0.403. The normalized spacial score (nSPS) is 15.1. The summed E-state index contributed by atoms with van der Waals surface area (Å²) in [5.41, 5.74) is 4.58. The Bertz CT molecular complexity index is 1350. The number of aryl methyl sites for hydroxylation is 2. The molecule has 164 valence electrons. The molecule has 1 aliphatic rings. The average molecular weight is 429 g/mol. The molecular formula is C25H28N6O. The molecule has 0 bridgehead atoms. The third kappa shape index (κ3) is 3.47. The second kappa shape index (κ2) is 7.58. The summed E-state index contributed by atoms with van der Waals surface area (Å²) in [5.74, 6) is 0.672. The molecule has 0 unspecified atom stereocenters. The average Bonchev–Trinajstić information content (AvgIpc) is 3.25. The molecule has 0 saturated heterocycles. The first-order valence-corrected chi connectivity index (χ1v) is 11.1. The maximum Gasteiger partial charge on any atom is 0.254 e. The fourth-order valence-corrected chi connectivity index (χ4v) is 4.65. The Hall–Kier alpha value is -3.48. The van der Waals surface area contributed by atoms with Crippen LogP contribution in [0.3, 0.4) is 0 Å². The predicted molar refractivity (Wildman–Crippen MR) is 126 cm³/mol. The zero-order chi connectivity index (χ0) is 22.5. The maximum absolute atomic E-state index is 13.4. The summed E-state index contributed by atoms with van der Waals surface area (Å²) in [5, 5.41) is 13.8. The number of nitrogens with zero attached hydrogens (tertiary/aromatic N) is 5. The Morgan fingerprint density at radius 2 is 1.91 bits per heavy atom. The lowest BCUT2D eigenvalue weighted by Crippen LogP contribution is -2.40. The molecule has 0 fully saturated rings. The minimum Gasteiger partial charge on any atom is -0.357 e. The number of aromatic nitrogens is 5. The number of anilines is 1. The van der Waals surface area contributed by atoms with E-state index < -0.39 is 6.04 Å². The van der Waals surface area contributed by atoms with Gasteiger partial charge in [-0.1, -0.05) is 30.3 Å². The number of aromatic amines is 1. The topological polar surface area (TPSA) is 79.7 Å². The highest BCUT2D eigenvalue weighted by atomic mass is 16.1. The number of benzene rings is 2. The zero-order valence-corrected chi connectivity index (χ0v) is 19.0. The number of fused-ring (bicyclic) bond motifs is 2. The summed E-state index contributed by atoms with van der Waals surface area (Å²) < 4.78 is 1.84.